The Kier molecular flexibility index (Phi) is 3.23. The molecule has 0 atom stereocenters. The van der Waals surface area contributed by atoms with Crippen LogP contribution in [-0.4, -0.2) is 11.5 Å². The highest BCUT2D eigenvalue weighted by atomic mass is 19.1. The maximum Gasteiger partial charge on any atom is 0.135 e. The van der Waals surface area contributed by atoms with Gasteiger partial charge in [-0.25, -0.2) is 9.37 Å². The number of pyridine rings is 1. The summed E-state index contributed by atoms with van der Waals surface area (Å²) in [6.45, 7) is 2.75. The second kappa shape index (κ2) is 4.82. The summed E-state index contributed by atoms with van der Waals surface area (Å²) < 4.78 is 12.9. The Morgan fingerprint density at radius 1 is 1.18 bits per heavy atom. The second-order valence-corrected chi connectivity index (χ2v) is 3.64. The predicted molar refractivity (Wildman–Crippen MR) is 67.7 cm³/mol. The number of anilines is 3. The lowest BCUT2D eigenvalue weighted by atomic mass is 10.2. The van der Waals surface area contributed by atoms with Gasteiger partial charge in [-0.15, -0.1) is 0 Å². The van der Waals surface area contributed by atoms with E-state index in [9.17, 15) is 4.39 Å². The van der Waals surface area contributed by atoms with Crippen LogP contribution < -0.4 is 10.6 Å². The number of nitrogens with zero attached hydrogens (tertiary/aromatic N) is 2. The van der Waals surface area contributed by atoms with E-state index in [-0.39, 0.29) is 5.82 Å². The molecule has 0 spiro atoms. The topological polar surface area (TPSA) is 42.1 Å². The molecule has 1 aromatic heterocycles. The third kappa shape index (κ3) is 2.53. The van der Waals surface area contributed by atoms with E-state index >= 15 is 0 Å². The van der Waals surface area contributed by atoms with Crippen molar-refractivity contribution < 1.29 is 4.39 Å². The maximum atomic E-state index is 12.9. The molecule has 17 heavy (non-hydrogen) atoms. The average Bonchev–Trinajstić information content (AvgIpc) is 2.33. The first-order chi connectivity index (χ1) is 8.20. The Bertz CT molecular complexity index is 496. The first kappa shape index (κ1) is 11.4. The fourth-order valence-electron chi connectivity index (χ4n) is 1.69. The molecule has 3 nitrogen and oxygen atoms in total. The third-order valence-corrected chi connectivity index (χ3v) is 2.49. The van der Waals surface area contributed by atoms with E-state index in [1.807, 2.05) is 24.0 Å². The largest absolute Gasteiger partial charge is 0.384 e. The number of rotatable bonds is 3. The summed E-state index contributed by atoms with van der Waals surface area (Å²) in [6.07, 6.45) is 0. The van der Waals surface area contributed by atoms with Gasteiger partial charge in [-0.2, -0.15) is 0 Å². The van der Waals surface area contributed by atoms with Gasteiger partial charge >= 0.3 is 0 Å². The van der Waals surface area contributed by atoms with Gasteiger partial charge in [0, 0.05) is 12.2 Å². The van der Waals surface area contributed by atoms with Gasteiger partial charge in [-0.05, 0) is 43.3 Å². The van der Waals surface area contributed by atoms with Crippen LogP contribution in [0.4, 0.5) is 21.7 Å². The number of halogens is 1. The van der Waals surface area contributed by atoms with Gasteiger partial charge in [0.1, 0.15) is 17.5 Å². The van der Waals surface area contributed by atoms with Crippen LogP contribution in [-0.2, 0) is 0 Å². The van der Waals surface area contributed by atoms with Crippen molar-refractivity contribution in [1.29, 1.82) is 0 Å². The zero-order valence-corrected chi connectivity index (χ0v) is 9.60. The van der Waals surface area contributed by atoms with Gasteiger partial charge in [0.25, 0.3) is 0 Å². The number of hydrogen-bond donors (Lipinski definition) is 1. The van der Waals surface area contributed by atoms with Crippen molar-refractivity contribution in [3.63, 3.8) is 0 Å². The summed E-state index contributed by atoms with van der Waals surface area (Å²) >= 11 is 0. The van der Waals surface area contributed by atoms with E-state index in [0.29, 0.717) is 5.82 Å². The minimum Gasteiger partial charge on any atom is -0.384 e. The highest BCUT2D eigenvalue weighted by Crippen LogP contribution is 2.23. The van der Waals surface area contributed by atoms with Crippen molar-refractivity contribution in [1.82, 2.24) is 4.98 Å². The molecule has 88 valence electrons. The third-order valence-electron chi connectivity index (χ3n) is 2.49. The molecule has 2 aromatic rings. The summed E-state index contributed by atoms with van der Waals surface area (Å²) in [7, 11) is 0. The minimum atomic E-state index is -0.245. The van der Waals surface area contributed by atoms with Crippen LogP contribution in [0.5, 0.6) is 0 Å². The van der Waals surface area contributed by atoms with E-state index in [1.165, 1.54) is 12.1 Å². The van der Waals surface area contributed by atoms with Gasteiger partial charge in [-0.1, -0.05) is 6.07 Å². The molecule has 0 unspecified atom stereocenters. The fourth-order valence-corrected chi connectivity index (χ4v) is 1.69. The molecule has 0 aliphatic carbocycles. The molecule has 0 saturated heterocycles. The monoisotopic (exact) mass is 231 g/mol. The van der Waals surface area contributed by atoms with E-state index < -0.39 is 0 Å². The van der Waals surface area contributed by atoms with Crippen LogP contribution in [0.15, 0.2) is 42.5 Å². The standard InChI is InChI=1S/C13H14FN3/c1-2-17(11-8-6-10(14)7-9-11)13-5-3-4-12(15)16-13/h3-9H,2H2,1H3,(H2,15,16). The van der Waals surface area contributed by atoms with Crippen molar-refractivity contribution in [3.05, 3.63) is 48.3 Å². The molecule has 4 heteroatoms. The van der Waals surface area contributed by atoms with Crippen molar-refractivity contribution in [2.24, 2.45) is 0 Å². The van der Waals surface area contributed by atoms with Gasteiger partial charge in [0.15, 0.2) is 0 Å². The Morgan fingerprint density at radius 2 is 1.88 bits per heavy atom. The minimum absolute atomic E-state index is 0.245. The van der Waals surface area contributed by atoms with Crippen LogP contribution in [0.25, 0.3) is 0 Å². The maximum absolute atomic E-state index is 12.9. The molecule has 2 N–H and O–H groups in total. The van der Waals surface area contributed by atoms with Gasteiger partial charge in [0.05, 0.1) is 0 Å². The van der Waals surface area contributed by atoms with E-state index in [4.69, 9.17) is 5.73 Å². The molecule has 0 fully saturated rings. The molecule has 0 amide bonds. The van der Waals surface area contributed by atoms with Crippen LogP contribution in [0.2, 0.25) is 0 Å². The molecule has 0 saturated carbocycles. The van der Waals surface area contributed by atoms with Crippen LogP contribution in [0.3, 0.4) is 0 Å². The van der Waals surface area contributed by atoms with Gasteiger partial charge in [0.2, 0.25) is 0 Å². The zero-order valence-electron chi connectivity index (χ0n) is 9.60. The SMILES string of the molecule is CCN(c1ccc(F)cc1)c1cccc(N)n1. The normalized spacial score (nSPS) is 10.2. The Balaban J connectivity index is 2.36. The van der Waals surface area contributed by atoms with Gasteiger partial charge < -0.3 is 10.6 Å². The summed E-state index contributed by atoms with van der Waals surface area (Å²) in [5.74, 6) is 0.993. The molecule has 0 radical (unpaired) electrons. The second-order valence-electron chi connectivity index (χ2n) is 3.64. The van der Waals surface area contributed by atoms with Gasteiger partial charge in [-0.3, -0.25) is 0 Å². The fraction of sp³-hybridized carbons (Fsp3) is 0.154. The molecular weight excluding hydrogens is 217 g/mol. The number of benzene rings is 1. The smallest absolute Gasteiger partial charge is 0.135 e. The Labute approximate surface area is 99.7 Å². The molecular formula is C13H14FN3. The number of hydrogen-bond acceptors (Lipinski definition) is 3. The van der Waals surface area contributed by atoms with Crippen molar-refractivity contribution in [2.75, 3.05) is 17.2 Å². The van der Waals surface area contributed by atoms with Crippen LogP contribution in [0.1, 0.15) is 6.92 Å². The summed E-state index contributed by atoms with van der Waals surface area (Å²) in [5.41, 5.74) is 6.55. The summed E-state index contributed by atoms with van der Waals surface area (Å²) in [5, 5.41) is 0. The molecule has 0 aliphatic heterocycles. The molecule has 2 rings (SSSR count). The first-order valence-corrected chi connectivity index (χ1v) is 5.46. The highest BCUT2D eigenvalue weighted by molar-refractivity contribution is 5.60. The first-order valence-electron chi connectivity index (χ1n) is 5.46. The Hall–Kier alpha value is -2.10. The van der Waals surface area contributed by atoms with E-state index in [0.717, 1.165) is 18.1 Å². The Morgan fingerprint density at radius 3 is 2.47 bits per heavy atom. The number of nitrogens with two attached hydrogens (primary N) is 1. The molecule has 0 bridgehead atoms. The molecule has 1 heterocycles. The average molecular weight is 231 g/mol. The van der Waals surface area contributed by atoms with E-state index in [1.54, 1.807) is 18.2 Å². The summed E-state index contributed by atoms with van der Waals surface area (Å²) in [6, 6.07) is 11.8. The lowest BCUT2D eigenvalue weighted by molar-refractivity contribution is 0.628. The quantitative estimate of drug-likeness (QED) is 0.883. The lowest BCUT2D eigenvalue weighted by Crippen LogP contribution is -2.17. The van der Waals surface area contributed by atoms with E-state index in [2.05, 4.69) is 4.98 Å². The van der Waals surface area contributed by atoms with Crippen molar-refractivity contribution >= 4 is 17.3 Å². The molecule has 0 aliphatic rings. The predicted octanol–water partition coefficient (Wildman–Crippen LogP) is 2.96. The number of aromatic nitrogens is 1. The zero-order chi connectivity index (χ0) is 12.3. The van der Waals surface area contributed by atoms with Crippen molar-refractivity contribution in [3.8, 4) is 0 Å². The summed E-state index contributed by atoms with van der Waals surface area (Å²) in [4.78, 5) is 6.22. The van der Waals surface area contributed by atoms with Crippen molar-refractivity contribution in [2.45, 2.75) is 6.92 Å². The lowest BCUT2D eigenvalue weighted by Gasteiger charge is -2.22. The van der Waals surface area contributed by atoms with Crippen LogP contribution in [0, 0.1) is 5.82 Å². The highest BCUT2D eigenvalue weighted by Gasteiger charge is 2.08. The molecule has 1 aromatic carbocycles. The van der Waals surface area contributed by atoms with Crippen LogP contribution >= 0.6 is 0 Å². The number of nitrogen functional groups attached to an aromatic ring is 1.